The highest BCUT2D eigenvalue weighted by atomic mass is 15.0. The van der Waals surface area contributed by atoms with Crippen molar-refractivity contribution >= 4 is 29.9 Å². The number of hydrogen-bond donors (Lipinski definition) is 2. The fourth-order valence-corrected chi connectivity index (χ4v) is 5.98. The van der Waals surface area contributed by atoms with Crippen LogP contribution >= 0.6 is 0 Å². The zero-order chi connectivity index (χ0) is 50.1. The van der Waals surface area contributed by atoms with Crippen LogP contribution in [0.4, 0.5) is 0 Å². The van der Waals surface area contributed by atoms with Crippen molar-refractivity contribution in [3.63, 3.8) is 0 Å². The lowest BCUT2D eigenvalue weighted by Crippen LogP contribution is -2.19. The van der Waals surface area contributed by atoms with Crippen LogP contribution in [0.15, 0.2) is 212 Å². The van der Waals surface area contributed by atoms with E-state index in [0.717, 1.165) is 29.7 Å². The number of nitrogens with zero attached hydrogens (tertiary/aromatic N) is 3. The monoisotopic (exact) mass is 888 g/mol. The van der Waals surface area contributed by atoms with Gasteiger partial charge in [-0.25, -0.2) is 4.99 Å². The van der Waals surface area contributed by atoms with Crippen molar-refractivity contribution in [1.82, 2.24) is 9.88 Å². The molecule has 1 aliphatic carbocycles. The van der Waals surface area contributed by atoms with E-state index in [1.807, 2.05) is 122 Å². The Morgan fingerprint density at radius 1 is 0.848 bits per heavy atom. The summed E-state index contributed by atoms with van der Waals surface area (Å²) in [5.74, 6) is 1.62. The van der Waals surface area contributed by atoms with Crippen molar-refractivity contribution in [3.05, 3.63) is 236 Å². The molecule has 0 fully saturated rings. The van der Waals surface area contributed by atoms with Gasteiger partial charge in [-0.05, 0) is 101 Å². The Labute approximate surface area is 403 Å². The number of fused-ring (bicyclic) bond motifs is 1. The molecular formula is C61H85N5. The molecule has 0 saturated carbocycles. The van der Waals surface area contributed by atoms with Gasteiger partial charge in [-0.3, -0.25) is 4.99 Å². The summed E-state index contributed by atoms with van der Waals surface area (Å²) in [5, 5.41) is 3.01. The van der Waals surface area contributed by atoms with E-state index in [9.17, 15) is 0 Å². The number of nitrogens with two attached hydrogens (primary N) is 1. The predicted molar refractivity (Wildman–Crippen MR) is 302 cm³/mol. The number of rotatable bonds is 16. The quantitative estimate of drug-likeness (QED) is 0.0651. The molecule has 2 atom stereocenters. The predicted octanol–water partition coefficient (Wildman–Crippen LogP) is 16.5. The third kappa shape index (κ3) is 25.5. The van der Waals surface area contributed by atoms with E-state index in [0.29, 0.717) is 24.1 Å². The van der Waals surface area contributed by atoms with Gasteiger partial charge in [0.05, 0.1) is 6.54 Å². The van der Waals surface area contributed by atoms with E-state index >= 15 is 0 Å². The van der Waals surface area contributed by atoms with Crippen molar-refractivity contribution < 1.29 is 0 Å². The topological polar surface area (TPSA) is 67.7 Å². The number of nitrogens with one attached hydrogen (secondary N) is 1. The SMILES string of the molecule is C/C=C\C=C(\C)NC.C/C=C\C=C/CC1C(/C=C\C)=Cc2ccccc21.C=CC.C=CC(=C)CN=C(N=C(N)c1ccccc1)C(C=C)C/C=C\C.C=Cc1c(C)cn(C)c1C=C.CCC. The second kappa shape index (κ2) is 39.8. The minimum Gasteiger partial charge on any atom is -0.392 e. The molecule has 0 aliphatic heterocycles. The van der Waals surface area contributed by atoms with Gasteiger partial charge in [-0.2, -0.15) is 0 Å². The Kier molecular flexibility index (Phi) is 37.0. The van der Waals surface area contributed by atoms with Crippen LogP contribution in [0.5, 0.6) is 0 Å². The molecule has 0 bridgehead atoms. The zero-order valence-corrected chi connectivity index (χ0v) is 42.7. The van der Waals surface area contributed by atoms with Gasteiger partial charge in [-0.1, -0.05) is 192 Å². The molecule has 5 heteroatoms. The summed E-state index contributed by atoms with van der Waals surface area (Å²) in [6.07, 6.45) is 39.5. The van der Waals surface area contributed by atoms with Crippen LogP contribution in [0.25, 0.3) is 18.2 Å². The maximum absolute atomic E-state index is 6.13. The molecule has 2 aromatic carbocycles. The number of benzene rings is 2. The normalized spacial score (nSPS) is 13.6. The summed E-state index contributed by atoms with van der Waals surface area (Å²) < 4.78 is 2.05. The van der Waals surface area contributed by atoms with Gasteiger partial charge in [0.15, 0.2) is 0 Å². The van der Waals surface area contributed by atoms with E-state index < -0.39 is 0 Å². The third-order valence-electron chi connectivity index (χ3n) is 9.34. The number of hydrogen-bond acceptors (Lipinski definition) is 2. The van der Waals surface area contributed by atoms with Crippen LogP contribution in [0.2, 0.25) is 0 Å². The summed E-state index contributed by atoms with van der Waals surface area (Å²) in [6.45, 7) is 41.1. The Morgan fingerprint density at radius 3 is 1.98 bits per heavy atom. The Morgan fingerprint density at radius 2 is 1.47 bits per heavy atom. The van der Waals surface area contributed by atoms with Crippen LogP contribution in [0, 0.1) is 12.8 Å². The maximum atomic E-state index is 6.13. The Balaban J connectivity index is 0. The standard InChI is InChI=1S/C20H25N3.C18H20.C10H13N.C7H13N.C3H8.C3H6/c1-5-8-12-17(7-3)20(22-15-16(4)6-2)23-19(21)18-13-10-9-11-14-18;1-3-5-6-7-12-17-15(10-4-2)14-16-11-8-9-13-18(16)17;1-5-9-8(3)7-11(4)10(9)6-2;1-4-5-6-7(2)8-3;2*1-3-2/h5-11,13-14,17H,2-4,12,15H2,1H3,(H2,21,22,23);3-11,13-14,17H,12H2,1-2H3;5-7H,1-2H2,3-4H3;4-6,8H,1-3H3;3H2,1-2H3;3H,1H2,2H3/b8-5-;5-3-,7-6-,10-4-;;5-4-,7-6-;;. The summed E-state index contributed by atoms with van der Waals surface area (Å²) in [4.78, 5) is 9.10. The molecule has 2 unspecified atom stereocenters. The van der Waals surface area contributed by atoms with Crippen molar-refractivity contribution in [2.75, 3.05) is 13.6 Å². The van der Waals surface area contributed by atoms with Crippen LogP contribution in [-0.2, 0) is 7.05 Å². The molecule has 5 nitrogen and oxygen atoms in total. The van der Waals surface area contributed by atoms with Gasteiger partial charge in [0.25, 0.3) is 0 Å². The molecule has 0 saturated heterocycles. The van der Waals surface area contributed by atoms with Crippen LogP contribution in [0.3, 0.4) is 0 Å². The lowest BCUT2D eigenvalue weighted by atomic mass is 9.92. The van der Waals surface area contributed by atoms with Crippen LogP contribution in [0.1, 0.15) is 114 Å². The zero-order valence-electron chi connectivity index (χ0n) is 42.7. The van der Waals surface area contributed by atoms with Crippen molar-refractivity contribution in [3.8, 4) is 0 Å². The van der Waals surface area contributed by atoms with Crippen molar-refractivity contribution in [1.29, 1.82) is 0 Å². The molecule has 4 rings (SSSR count). The average Bonchev–Trinajstić information content (AvgIpc) is 3.83. The van der Waals surface area contributed by atoms with Crippen molar-refractivity contribution in [2.24, 2.45) is 28.7 Å². The largest absolute Gasteiger partial charge is 0.392 e. The van der Waals surface area contributed by atoms with E-state index in [1.54, 1.807) is 12.2 Å². The summed E-state index contributed by atoms with van der Waals surface area (Å²) in [6, 6.07) is 18.3. The molecule has 1 heterocycles. The fraction of sp³-hybridized carbons (Fsp3) is 0.279. The Hall–Kier alpha value is -6.72. The van der Waals surface area contributed by atoms with Crippen LogP contribution in [-0.4, -0.2) is 29.8 Å². The smallest absolute Gasteiger partial charge is 0.133 e. The number of aromatic nitrogens is 1. The third-order valence-corrected chi connectivity index (χ3v) is 9.34. The molecule has 0 amide bonds. The van der Waals surface area contributed by atoms with Gasteiger partial charge in [0, 0.05) is 54.6 Å². The van der Waals surface area contributed by atoms with Crippen LogP contribution < -0.4 is 11.1 Å². The molecule has 1 aromatic heterocycles. The highest BCUT2D eigenvalue weighted by Gasteiger charge is 2.21. The van der Waals surface area contributed by atoms with E-state index in [-0.39, 0.29) is 5.92 Å². The van der Waals surface area contributed by atoms with Gasteiger partial charge in [-0.15, -0.1) is 13.2 Å². The second-order valence-corrected chi connectivity index (χ2v) is 14.9. The first-order valence-corrected chi connectivity index (χ1v) is 23.0. The highest BCUT2D eigenvalue weighted by Crippen LogP contribution is 2.39. The highest BCUT2D eigenvalue weighted by molar-refractivity contribution is 6.06. The molecule has 3 N–H and O–H groups in total. The van der Waals surface area contributed by atoms with Gasteiger partial charge >= 0.3 is 0 Å². The minimum atomic E-state index is 0.00563. The first-order valence-electron chi connectivity index (χ1n) is 23.0. The van der Waals surface area contributed by atoms with Crippen molar-refractivity contribution in [2.45, 2.75) is 87.5 Å². The summed E-state index contributed by atoms with van der Waals surface area (Å²) in [7, 11) is 3.92. The number of allylic oxidation sites excluding steroid dienone is 14. The van der Waals surface area contributed by atoms with Gasteiger partial charge in [0.1, 0.15) is 11.7 Å². The molecule has 66 heavy (non-hydrogen) atoms. The van der Waals surface area contributed by atoms with Gasteiger partial charge in [0.2, 0.25) is 0 Å². The van der Waals surface area contributed by atoms with E-state index in [2.05, 4.69) is 166 Å². The van der Waals surface area contributed by atoms with Gasteiger partial charge < -0.3 is 15.6 Å². The first kappa shape index (κ1) is 61.4. The molecule has 0 radical (unpaired) electrons. The molecule has 3 aromatic rings. The molecule has 0 spiro atoms. The summed E-state index contributed by atoms with van der Waals surface area (Å²) >= 11 is 0. The fourth-order valence-electron chi connectivity index (χ4n) is 5.98. The average molecular weight is 888 g/mol. The number of aliphatic imine (C=N–C) groups is 2. The maximum Gasteiger partial charge on any atom is 0.133 e. The number of amidine groups is 2. The number of aryl methyl sites for hydroxylation is 2. The van der Waals surface area contributed by atoms with E-state index in [1.165, 1.54) is 39.9 Å². The molecular weight excluding hydrogens is 803 g/mol. The first-order chi connectivity index (χ1) is 31.8. The second-order valence-electron chi connectivity index (χ2n) is 14.9. The minimum absolute atomic E-state index is 0.00563. The molecule has 354 valence electrons. The lowest BCUT2D eigenvalue weighted by Gasteiger charge is -2.12. The van der Waals surface area contributed by atoms with E-state index in [4.69, 9.17) is 5.73 Å². The Bertz CT molecular complexity index is 2130. The molecule has 1 aliphatic rings. The summed E-state index contributed by atoms with van der Waals surface area (Å²) in [5.41, 5.74) is 16.8. The lowest BCUT2D eigenvalue weighted by molar-refractivity contribution is 0.847.